The number of benzene rings is 1. The number of anilines is 1. The van der Waals surface area contributed by atoms with Gasteiger partial charge in [-0.05, 0) is 44.9 Å². The van der Waals surface area contributed by atoms with Crippen LogP contribution in [0.2, 0.25) is 5.02 Å². The topological polar surface area (TPSA) is 49.4 Å². The van der Waals surface area contributed by atoms with Crippen molar-refractivity contribution in [3.63, 3.8) is 0 Å². The zero-order valence-corrected chi connectivity index (χ0v) is 14.1. The average molecular weight is 363 g/mol. The van der Waals surface area contributed by atoms with Crippen LogP contribution in [0.1, 0.15) is 32.3 Å². The van der Waals surface area contributed by atoms with Crippen LogP contribution in [0.4, 0.5) is 18.9 Å². The molecule has 1 fully saturated rings. The molecule has 0 aromatic heterocycles. The highest BCUT2D eigenvalue weighted by atomic mass is 35.5. The predicted molar refractivity (Wildman–Crippen MR) is 84.7 cm³/mol. The summed E-state index contributed by atoms with van der Waals surface area (Å²) >= 11 is 5.62. The lowest BCUT2D eigenvalue weighted by atomic mass is 10.0. The molecule has 0 saturated heterocycles. The molecule has 0 unspecified atom stereocenters. The van der Waals surface area contributed by atoms with Crippen molar-refractivity contribution in [2.75, 3.05) is 18.4 Å². The number of amides is 2. The fraction of sp³-hybridized carbons (Fsp3) is 0.500. The molecule has 8 heteroatoms. The average Bonchev–Trinajstić information content (AvgIpc) is 3.31. The van der Waals surface area contributed by atoms with Crippen molar-refractivity contribution < 1.29 is 22.8 Å². The molecule has 0 heterocycles. The number of hydrogen-bond acceptors (Lipinski definition) is 2. The van der Waals surface area contributed by atoms with Gasteiger partial charge in [0.05, 0.1) is 11.3 Å². The minimum Gasteiger partial charge on any atom is -0.342 e. The molecule has 24 heavy (non-hydrogen) atoms. The summed E-state index contributed by atoms with van der Waals surface area (Å²) in [7, 11) is 0. The zero-order chi connectivity index (χ0) is 18.1. The molecule has 2 amide bonds. The first-order chi connectivity index (χ1) is 11.2. The number of alkyl halides is 3. The van der Waals surface area contributed by atoms with Crippen molar-refractivity contribution in [2.24, 2.45) is 5.41 Å². The Kier molecular flexibility index (Phi) is 5.13. The van der Waals surface area contributed by atoms with E-state index in [2.05, 4.69) is 5.32 Å². The summed E-state index contributed by atoms with van der Waals surface area (Å²) in [5.74, 6) is -1.04. The number of carbonyl (C=O) groups excluding carboxylic acids is 2. The third-order valence-electron chi connectivity index (χ3n) is 4.18. The van der Waals surface area contributed by atoms with Gasteiger partial charge in [-0.25, -0.2) is 0 Å². The Labute approximate surface area is 143 Å². The van der Waals surface area contributed by atoms with Crippen molar-refractivity contribution in [3.8, 4) is 0 Å². The van der Waals surface area contributed by atoms with Gasteiger partial charge in [-0.3, -0.25) is 9.59 Å². The number of nitrogens with zero attached hydrogens (tertiary/aromatic N) is 1. The predicted octanol–water partition coefficient (Wildman–Crippen LogP) is 3.95. The summed E-state index contributed by atoms with van der Waals surface area (Å²) in [5, 5.41) is 2.18. The summed E-state index contributed by atoms with van der Waals surface area (Å²) < 4.78 is 39.3. The number of carbonyl (C=O) groups is 2. The third-order valence-corrected chi connectivity index (χ3v) is 4.41. The molecular weight excluding hydrogens is 345 g/mol. The van der Waals surface area contributed by atoms with Gasteiger partial charge in [0, 0.05) is 18.1 Å². The smallest absolute Gasteiger partial charge is 0.342 e. The molecule has 1 aromatic rings. The summed E-state index contributed by atoms with van der Waals surface area (Å²) in [6, 6.07) is 3.11. The van der Waals surface area contributed by atoms with E-state index in [1.165, 1.54) is 11.0 Å². The molecule has 0 radical (unpaired) electrons. The second-order valence-corrected chi connectivity index (χ2v) is 6.14. The van der Waals surface area contributed by atoms with Crippen molar-refractivity contribution in [1.29, 1.82) is 0 Å². The first-order valence-electron chi connectivity index (χ1n) is 7.63. The Morgan fingerprint density at radius 1 is 1.25 bits per heavy atom. The maximum absolute atomic E-state index is 13.1. The largest absolute Gasteiger partial charge is 0.418 e. The minimum atomic E-state index is -4.66. The zero-order valence-electron chi connectivity index (χ0n) is 13.3. The van der Waals surface area contributed by atoms with Crippen LogP contribution in [0.15, 0.2) is 18.2 Å². The molecule has 1 aliphatic rings. The Balaban J connectivity index is 2.26. The van der Waals surface area contributed by atoms with Gasteiger partial charge in [-0.1, -0.05) is 11.6 Å². The van der Waals surface area contributed by atoms with Gasteiger partial charge in [0.25, 0.3) is 0 Å². The van der Waals surface area contributed by atoms with Gasteiger partial charge in [-0.2, -0.15) is 13.2 Å². The van der Waals surface area contributed by atoms with Gasteiger partial charge in [-0.15, -0.1) is 0 Å². The molecule has 4 nitrogen and oxygen atoms in total. The van der Waals surface area contributed by atoms with Crippen LogP contribution in [0.5, 0.6) is 0 Å². The summed E-state index contributed by atoms with van der Waals surface area (Å²) in [4.78, 5) is 26.5. The van der Waals surface area contributed by atoms with E-state index in [0.717, 1.165) is 12.1 Å². The van der Waals surface area contributed by atoms with Crippen LogP contribution >= 0.6 is 11.6 Å². The number of halogens is 4. The fourth-order valence-electron chi connectivity index (χ4n) is 2.58. The monoisotopic (exact) mass is 362 g/mol. The SMILES string of the molecule is CCN(CC)C(=O)C1(C(=O)Nc2ccc(Cl)cc2C(F)(F)F)CC1. The number of rotatable bonds is 5. The van der Waals surface area contributed by atoms with Gasteiger partial charge in [0.1, 0.15) is 5.41 Å². The van der Waals surface area contributed by atoms with Crippen LogP contribution in [-0.2, 0) is 15.8 Å². The second kappa shape index (κ2) is 6.63. The van der Waals surface area contributed by atoms with E-state index < -0.39 is 28.7 Å². The maximum Gasteiger partial charge on any atom is 0.418 e. The Hall–Kier alpha value is -1.76. The molecule has 2 rings (SSSR count). The van der Waals surface area contributed by atoms with Gasteiger partial charge in [0.15, 0.2) is 0 Å². The fourth-order valence-corrected chi connectivity index (χ4v) is 2.75. The molecule has 0 aliphatic heterocycles. The minimum absolute atomic E-state index is 0.0827. The molecular formula is C16H18ClF3N2O2. The highest BCUT2D eigenvalue weighted by Gasteiger charge is 2.58. The lowest BCUT2D eigenvalue weighted by molar-refractivity contribution is -0.141. The van der Waals surface area contributed by atoms with Crippen molar-refractivity contribution in [3.05, 3.63) is 28.8 Å². The van der Waals surface area contributed by atoms with Gasteiger partial charge in [0.2, 0.25) is 11.8 Å². The molecule has 1 N–H and O–H groups in total. The summed E-state index contributed by atoms with van der Waals surface area (Å²) in [6.07, 6.45) is -3.99. The summed E-state index contributed by atoms with van der Waals surface area (Å²) in [6.45, 7) is 4.46. The normalized spacial score (nSPS) is 15.8. The van der Waals surface area contributed by atoms with Crippen LogP contribution < -0.4 is 5.32 Å². The molecule has 0 atom stereocenters. The highest BCUT2D eigenvalue weighted by molar-refractivity contribution is 6.30. The first kappa shape index (κ1) is 18.6. The Morgan fingerprint density at radius 3 is 2.29 bits per heavy atom. The van der Waals surface area contributed by atoms with Crippen molar-refractivity contribution in [2.45, 2.75) is 32.9 Å². The van der Waals surface area contributed by atoms with Crippen LogP contribution in [0.25, 0.3) is 0 Å². The molecule has 1 saturated carbocycles. The van der Waals surface area contributed by atoms with E-state index in [4.69, 9.17) is 11.6 Å². The molecule has 1 aliphatic carbocycles. The second-order valence-electron chi connectivity index (χ2n) is 5.70. The Morgan fingerprint density at radius 2 is 1.83 bits per heavy atom. The molecule has 0 spiro atoms. The summed E-state index contributed by atoms with van der Waals surface area (Å²) in [5.41, 5.74) is -2.68. The van der Waals surface area contributed by atoms with Crippen molar-refractivity contribution >= 4 is 29.1 Å². The van der Waals surface area contributed by atoms with Gasteiger partial charge < -0.3 is 10.2 Å². The van der Waals surface area contributed by atoms with Crippen LogP contribution in [0, 0.1) is 5.41 Å². The van der Waals surface area contributed by atoms with E-state index in [1.807, 2.05) is 0 Å². The van der Waals surface area contributed by atoms with E-state index in [0.29, 0.717) is 25.9 Å². The van der Waals surface area contributed by atoms with Crippen LogP contribution in [0.3, 0.4) is 0 Å². The van der Waals surface area contributed by atoms with Gasteiger partial charge >= 0.3 is 6.18 Å². The van der Waals surface area contributed by atoms with E-state index >= 15 is 0 Å². The van der Waals surface area contributed by atoms with Crippen molar-refractivity contribution in [1.82, 2.24) is 4.90 Å². The molecule has 132 valence electrons. The van der Waals surface area contributed by atoms with E-state index in [1.54, 1.807) is 13.8 Å². The first-order valence-corrected chi connectivity index (χ1v) is 8.01. The third kappa shape index (κ3) is 3.50. The Bertz CT molecular complexity index is 653. The van der Waals surface area contributed by atoms with E-state index in [-0.39, 0.29) is 10.9 Å². The van der Waals surface area contributed by atoms with E-state index in [9.17, 15) is 22.8 Å². The standard InChI is InChI=1S/C16H18ClF3N2O2/c1-3-22(4-2)14(24)15(7-8-15)13(23)21-12-6-5-10(17)9-11(12)16(18,19)20/h5-6,9H,3-4,7-8H2,1-2H3,(H,21,23). The highest BCUT2D eigenvalue weighted by Crippen LogP contribution is 2.48. The maximum atomic E-state index is 13.1. The lowest BCUT2D eigenvalue weighted by Gasteiger charge is -2.25. The number of hydrogen-bond donors (Lipinski definition) is 1. The lowest BCUT2D eigenvalue weighted by Crippen LogP contribution is -2.43. The molecule has 0 bridgehead atoms. The quantitative estimate of drug-likeness (QED) is 0.806. The van der Waals surface area contributed by atoms with Crippen LogP contribution in [-0.4, -0.2) is 29.8 Å². The molecule has 1 aromatic carbocycles. The number of nitrogens with one attached hydrogen (secondary N) is 1.